The molecule has 0 saturated carbocycles. The highest BCUT2D eigenvalue weighted by Crippen LogP contribution is 2.15. The Labute approximate surface area is 104 Å². The summed E-state index contributed by atoms with van der Waals surface area (Å²) >= 11 is 0. The van der Waals surface area contributed by atoms with E-state index in [-0.39, 0.29) is 5.75 Å². The van der Waals surface area contributed by atoms with Crippen LogP contribution in [-0.4, -0.2) is 25.2 Å². The lowest BCUT2D eigenvalue weighted by molar-refractivity contribution is -0.0498. The summed E-state index contributed by atoms with van der Waals surface area (Å²) in [4.78, 5) is 4.25. The first-order chi connectivity index (χ1) is 8.63. The van der Waals surface area contributed by atoms with Gasteiger partial charge in [-0.1, -0.05) is 12.1 Å². The minimum Gasteiger partial charge on any atom is -0.435 e. The molecule has 1 aliphatic heterocycles. The van der Waals surface area contributed by atoms with Crippen LogP contribution in [0.3, 0.4) is 0 Å². The van der Waals surface area contributed by atoms with Gasteiger partial charge in [0.15, 0.2) is 5.96 Å². The van der Waals surface area contributed by atoms with Gasteiger partial charge < -0.3 is 15.4 Å². The molecule has 6 heteroatoms. The fourth-order valence-corrected chi connectivity index (χ4v) is 1.68. The molecule has 1 atom stereocenters. The van der Waals surface area contributed by atoms with E-state index in [1.165, 1.54) is 6.07 Å². The number of guanidine groups is 1. The smallest absolute Gasteiger partial charge is 0.387 e. The molecule has 0 bridgehead atoms. The van der Waals surface area contributed by atoms with Gasteiger partial charge in [0, 0.05) is 12.6 Å². The van der Waals surface area contributed by atoms with Crippen LogP contribution in [0, 0.1) is 0 Å². The van der Waals surface area contributed by atoms with E-state index in [9.17, 15) is 8.78 Å². The maximum Gasteiger partial charge on any atom is 0.387 e. The van der Waals surface area contributed by atoms with Gasteiger partial charge in [-0.25, -0.2) is 0 Å². The Morgan fingerprint density at radius 2 is 2.39 bits per heavy atom. The molecule has 4 nitrogen and oxygen atoms in total. The highest BCUT2D eigenvalue weighted by Gasteiger charge is 2.11. The number of ether oxygens (including phenoxy) is 1. The fraction of sp³-hybridized carbons (Fsp3) is 0.417. The molecule has 2 rings (SSSR count). The van der Waals surface area contributed by atoms with E-state index in [1.807, 2.05) is 13.0 Å². The normalized spacial score (nSPS) is 18.4. The first-order valence-electron chi connectivity index (χ1n) is 5.72. The number of benzene rings is 1. The third-order valence-electron chi connectivity index (χ3n) is 2.49. The molecule has 1 unspecified atom stereocenters. The van der Waals surface area contributed by atoms with Crippen molar-refractivity contribution in [2.24, 2.45) is 4.99 Å². The van der Waals surface area contributed by atoms with Crippen molar-refractivity contribution in [3.63, 3.8) is 0 Å². The van der Waals surface area contributed by atoms with Gasteiger partial charge in [-0.15, -0.1) is 0 Å². The van der Waals surface area contributed by atoms with E-state index in [0.29, 0.717) is 12.6 Å². The molecule has 1 aliphatic rings. The molecular weight excluding hydrogens is 240 g/mol. The quantitative estimate of drug-likeness (QED) is 0.861. The molecule has 1 aromatic rings. The van der Waals surface area contributed by atoms with Gasteiger partial charge in [0.2, 0.25) is 0 Å². The predicted octanol–water partition coefficient (Wildman–Crippen LogP) is 1.73. The molecule has 1 aromatic carbocycles. The first-order valence-corrected chi connectivity index (χ1v) is 5.72. The molecule has 0 fully saturated rings. The Bertz CT molecular complexity index is 437. The number of hydrogen-bond acceptors (Lipinski definition) is 4. The van der Waals surface area contributed by atoms with Crippen molar-refractivity contribution in [2.45, 2.75) is 26.1 Å². The summed E-state index contributed by atoms with van der Waals surface area (Å²) in [5.41, 5.74) is 0.859. The summed E-state index contributed by atoms with van der Waals surface area (Å²) in [6, 6.07) is 6.94. The average molecular weight is 255 g/mol. The van der Waals surface area contributed by atoms with Crippen LogP contribution in [0.15, 0.2) is 29.3 Å². The lowest BCUT2D eigenvalue weighted by Gasteiger charge is -2.10. The molecule has 0 radical (unpaired) electrons. The minimum absolute atomic E-state index is 0.166. The van der Waals surface area contributed by atoms with Crippen LogP contribution in [-0.2, 0) is 6.54 Å². The van der Waals surface area contributed by atoms with E-state index in [2.05, 4.69) is 20.4 Å². The molecule has 0 spiro atoms. The standard InChI is InChI=1S/C12H15F2N3O/c1-8-6-15-12(17-8)16-7-9-3-2-4-10(5-9)18-11(13)14/h2-5,8,11H,6-7H2,1H3,(H2,15,16,17). The maximum absolute atomic E-state index is 12.1. The fourth-order valence-electron chi connectivity index (χ4n) is 1.68. The van der Waals surface area contributed by atoms with Gasteiger partial charge in [0.1, 0.15) is 5.75 Å². The number of hydrogen-bond donors (Lipinski definition) is 2. The van der Waals surface area contributed by atoms with E-state index < -0.39 is 6.61 Å². The Morgan fingerprint density at radius 1 is 1.56 bits per heavy atom. The zero-order valence-corrected chi connectivity index (χ0v) is 9.99. The maximum atomic E-state index is 12.1. The Morgan fingerprint density at radius 3 is 3.06 bits per heavy atom. The second-order valence-corrected chi connectivity index (χ2v) is 4.11. The van der Waals surface area contributed by atoms with Crippen molar-refractivity contribution in [1.29, 1.82) is 0 Å². The summed E-state index contributed by atoms with van der Waals surface area (Å²) in [6.45, 7) is 0.500. The van der Waals surface area contributed by atoms with Crippen LogP contribution < -0.4 is 15.4 Å². The van der Waals surface area contributed by atoms with E-state index in [0.717, 1.165) is 18.1 Å². The topological polar surface area (TPSA) is 45.7 Å². The lowest BCUT2D eigenvalue weighted by atomic mass is 10.2. The molecule has 0 aliphatic carbocycles. The van der Waals surface area contributed by atoms with E-state index in [4.69, 9.17) is 0 Å². The minimum atomic E-state index is -2.80. The molecule has 0 aromatic heterocycles. The summed E-state index contributed by atoms with van der Waals surface area (Å²) in [7, 11) is 0. The van der Waals surface area contributed by atoms with Crippen LogP contribution in [0.25, 0.3) is 0 Å². The highest BCUT2D eigenvalue weighted by atomic mass is 19.3. The SMILES string of the molecule is CC1CN=C(NCc2cccc(OC(F)F)c2)N1. The Balaban J connectivity index is 1.89. The number of aliphatic imine (C=N–C) groups is 1. The predicted molar refractivity (Wildman–Crippen MR) is 64.8 cm³/mol. The van der Waals surface area contributed by atoms with Crippen LogP contribution >= 0.6 is 0 Å². The van der Waals surface area contributed by atoms with E-state index in [1.54, 1.807) is 12.1 Å². The lowest BCUT2D eigenvalue weighted by Crippen LogP contribution is -2.37. The van der Waals surface area contributed by atoms with Crippen molar-refractivity contribution >= 4 is 5.96 Å². The van der Waals surface area contributed by atoms with Gasteiger partial charge in [-0.05, 0) is 24.6 Å². The van der Waals surface area contributed by atoms with Gasteiger partial charge >= 0.3 is 6.61 Å². The zero-order chi connectivity index (χ0) is 13.0. The Kier molecular flexibility index (Phi) is 3.96. The summed E-state index contributed by atoms with van der Waals surface area (Å²) in [5, 5.41) is 6.26. The van der Waals surface area contributed by atoms with Crippen LogP contribution in [0.1, 0.15) is 12.5 Å². The van der Waals surface area contributed by atoms with Crippen molar-refractivity contribution < 1.29 is 13.5 Å². The third-order valence-corrected chi connectivity index (χ3v) is 2.49. The number of nitrogens with zero attached hydrogens (tertiary/aromatic N) is 1. The van der Waals surface area contributed by atoms with Crippen LogP contribution in [0.4, 0.5) is 8.78 Å². The van der Waals surface area contributed by atoms with Crippen molar-refractivity contribution in [1.82, 2.24) is 10.6 Å². The zero-order valence-electron chi connectivity index (χ0n) is 9.99. The van der Waals surface area contributed by atoms with Gasteiger partial charge in [-0.3, -0.25) is 4.99 Å². The average Bonchev–Trinajstić information content (AvgIpc) is 2.72. The summed E-state index contributed by atoms with van der Waals surface area (Å²) in [6.07, 6.45) is 0. The van der Waals surface area contributed by atoms with Gasteiger partial charge in [0.25, 0.3) is 0 Å². The molecule has 18 heavy (non-hydrogen) atoms. The molecular formula is C12H15F2N3O. The highest BCUT2D eigenvalue weighted by molar-refractivity contribution is 5.81. The second kappa shape index (κ2) is 5.66. The monoisotopic (exact) mass is 255 g/mol. The largest absolute Gasteiger partial charge is 0.435 e. The summed E-state index contributed by atoms with van der Waals surface area (Å²) in [5.74, 6) is 0.904. The van der Waals surface area contributed by atoms with Gasteiger partial charge in [0.05, 0.1) is 6.54 Å². The van der Waals surface area contributed by atoms with Crippen LogP contribution in [0.5, 0.6) is 5.75 Å². The van der Waals surface area contributed by atoms with Gasteiger partial charge in [-0.2, -0.15) is 8.78 Å². The first kappa shape index (κ1) is 12.6. The van der Waals surface area contributed by atoms with Crippen molar-refractivity contribution in [3.05, 3.63) is 29.8 Å². The molecule has 0 amide bonds. The second-order valence-electron chi connectivity index (χ2n) is 4.11. The van der Waals surface area contributed by atoms with E-state index >= 15 is 0 Å². The van der Waals surface area contributed by atoms with Crippen molar-refractivity contribution in [2.75, 3.05) is 6.54 Å². The molecule has 2 N–H and O–H groups in total. The number of halogens is 2. The summed E-state index contributed by atoms with van der Waals surface area (Å²) < 4.78 is 28.5. The Hall–Kier alpha value is -1.85. The molecule has 0 saturated heterocycles. The molecule has 98 valence electrons. The van der Waals surface area contributed by atoms with Crippen molar-refractivity contribution in [3.8, 4) is 5.75 Å². The third kappa shape index (κ3) is 3.58. The number of alkyl halides is 2. The number of rotatable bonds is 4. The molecule has 1 heterocycles. The van der Waals surface area contributed by atoms with Crippen LogP contribution in [0.2, 0.25) is 0 Å². The number of nitrogens with one attached hydrogen (secondary N) is 2.